The van der Waals surface area contributed by atoms with Gasteiger partial charge in [0.1, 0.15) is 18.9 Å². The molecule has 2 heterocycles. The van der Waals surface area contributed by atoms with E-state index in [1.165, 1.54) is 6.07 Å². The first kappa shape index (κ1) is 18.7. The number of nitro groups is 1. The maximum atomic E-state index is 12.4. The minimum Gasteiger partial charge on any atom is -0.486 e. The number of hydrogen-bond donors (Lipinski definition) is 1. The molecule has 2 fully saturated rings. The number of carbonyl (C=O) groups excluding carboxylic acids is 1. The number of carbonyl (C=O) groups is 1. The second-order valence-corrected chi connectivity index (χ2v) is 7.96. The molecule has 8 heteroatoms. The molecule has 1 amide bonds. The van der Waals surface area contributed by atoms with E-state index < -0.39 is 4.92 Å². The summed E-state index contributed by atoms with van der Waals surface area (Å²) in [6.45, 7) is 1.77. The Bertz CT molecular complexity index is 1000. The molecule has 1 aliphatic carbocycles. The van der Waals surface area contributed by atoms with Gasteiger partial charge in [0.2, 0.25) is 0 Å². The smallest absolute Gasteiger partial charge is 0.293 e. The second kappa shape index (κ2) is 7.51. The predicted molar refractivity (Wildman–Crippen MR) is 110 cm³/mol. The van der Waals surface area contributed by atoms with Crippen molar-refractivity contribution in [2.24, 2.45) is 0 Å². The van der Waals surface area contributed by atoms with E-state index >= 15 is 0 Å². The molecule has 5 rings (SSSR count). The van der Waals surface area contributed by atoms with Gasteiger partial charge in [0.25, 0.3) is 11.6 Å². The predicted octanol–water partition coefficient (Wildman–Crippen LogP) is 3.60. The van der Waals surface area contributed by atoms with Crippen molar-refractivity contribution in [3.05, 3.63) is 57.6 Å². The van der Waals surface area contributed by atoms with E-state index in [9.17, 15) is 14.9 Å². The molecule has 1 N–H and O–H groups in total. The summed E-state index contributed by atoms with van der Waals surface area (Å²) in [5, 5.41) is 14.7. The number of anilines is 1. The van der Waals surface area contributed by atoms with Crippen LogP contribution in [0.2, 0.25) is 0 Å². The molecule has 0 spiro atoms. The maximum Gasteiger partial charge on any atom is 0.293 e. The topological polar surface area (TPSA) is 93.9 Å². The van der Waals surface area contributed by atoms with E-state index in [1.54, 1.807) is 12.1 Å². The quantitative estimate of drug-likeness (QED) is 0.599. The monoisotopic (exact) mass is 409 g/mol. The van der Waals surface area contributed by atoms with Crippen LogP contribution in [0, 0.1) is 10.1 Å². The lowest BCUT2D eigenvalue weighted by Gasteiger charge is -2.28. The van der Waals surface area contributed by atoms with E-state index in [-0.39, 0.29) is 23.7 Å². The van der Waals surface area contributed by atoms with Crippen LogP contribution in [-0.4, -0.2) is 36.6 Å². The molecular formula is C22H23N3O5. The normalized spacial score (nSPS) is 20.1. The Hall–Kier alpha value is -3.29. The molecule has 1 unspecified atom stereocenters. The fourth-order valence-electron chi connectivity index (χ4n) is 4.22. The Balaban J connectivity index is 1.46. The van der Waals surface area contributed by atoms with Gasteiger partial charge in [-0.3, -0.25) is 14.9 Å². The maximum absolute atomic E-state index is 12.4. The van der Waals surface area contributed by atoms with Gasteiger partial charge in [-0.2, -0.15) is 0 Å². The number of rotatable bonds is 5. The SMILES string of the molecule is O=C(NC1CC1)c1ccc(N2CCCC2c2ccc3c(c2)OCCO3)c([N+](=O)[O-])c1. The Kier molecular flexibility index (Phi) is 4.69. The first-order chi connectivity index (χ1) is 14.6. The summed E-state index contributed by atoms with van der Waals surface area (Å²) < 4.78 is 11.3. The number of nitrogens with one attached hydrogen (secondary N) is 1. The highest BCUT2D eigenvalue weighted by atomic mass is 16.6. The minimum absolute atomic E-state index is 0.00525. The zero-order chi connectivity index (χ0) is 20.7. The number of nitro benzene ring substituents is 1. The largest absolute Gasteiger partial charge is 0.486 e. The summed E-state index contributed by atoms with van der Waals surface area (Å²) >= 11 is 0. The van der Waals surface area contributed by atoms with Crippen LogP contribution >= 0.6 is 0 Å². The van der Waals surface area contributed by atoms with E-state index in [2.05, 4.69) is 10.2 Å². The lowest BCUT2D eigenvalue weighted by Crippen LogP contribution is -2.26. The average Bonchev–Trinajstić information content (AvgIpc) is 3.44. The summed E-state index contributed by atoms with van der Waals surface area (Å²) in [6.07, 6.45) is 3.76. The van der Waals surface area contributed by atoms with E-state index in [0.717, 1.165) is 37.0 Å². The first-order valence-corrected chi connectivity index (χ1v) is 10.4. The minimum atomic E-state index is -0.400. The number of hydrogen-bond acceptors (Lipinski definition) is 6. The van der Waals surface area contributed by atoms with Crippen molar-refractivity contribution in [1.82, 2.24) is 5.32 Å². The Morgan fingerprint density at radius 3 is 2.63 bits per heavy atom. The van der Waals surface area contributed by atoms with E-state index in [0.29, 0.717) is 36.8 Å². The molecular weight excluding hydrogens is 386 g/mol. The number of ether oxygens (including phenoxy) is 2. The van der Waals surface area contributed by atoms with Crippen LogP contribution in [0.3, 0.4) is 0 Å². The van der Waals surface area contributed by atoms with Crippen LogP contribution < -0.4 is 19.7 Å². The standard InChI is InChI=1S/C22H23N3O5/c26-22(23-16-5-6-16)15-3-7-18(19(12-15)25(27)28)24-9-1-2-17(24)14-4-8-20-21(13-14)30-11-10-29-20/h3-4,7-8,12-13,16-17H,1-2,5-6,9-11H2,(H,23,26). The zero-order valence-electron chi connectivity index (χ0n) is 16.5. The van der Waals surface area contributed by atoms with E-state index in [1.807, 2.05) is 18.2 Å². The average molecular weight is 409 g/mol. The summed E-state index contributed by atoms with van der Waals surface area (Å²) in [6, 6.07) is 10.9. The summed E-state index contributed by atoms with van der Waals surface area (Å²) in [5.74, 6) is 1.19. The Labute approximate surface area is 173 Å². The molecule has 2 aliphatic heterocycles. The fraction of sp³-hybridized carbons (Fsp3) is 0.409. The molecule has 0 bridgehead atoms. The van der Waals surface area contributed by atoms with Gasteiger partial charge in [-0.05, 0) is 55.5 Å². The lowest BCUT2D eigenvalue weighted by atomic mass is 10.0. The molecule has 8 nitrogen and oxygen atoms in total. The van der Waals surface area contributed by atoms with Gasteiger partial charge >= 0.3 is 0 Å². The van der Waals surface area contributed by atoms with Crippen LogP contribution in [0.4, 0.5) is 11.4 Å². The van der Waals surface area contributed by atoms with Gasteiger partial charge in [0.05, 0.1) is 11.0 Å². The van der Waals surface area contributed by atoms with Crippen molar-refractivity contribution in [2.75, 3.05) is 24.7 Å². The van der Waals surface area contributed by atoms with Crippen molar-refractivity contribution < 1.29 is 19.2 Å². The highest BCUT2D eigenvalue weighted by Gasteiger charge is 2.33. The van der Waals surface area contributed by atoms with Crippen molar-refractivity contribution in [2.45, 2.75) is 37.8 Å². The summed E-state index contributed by atoms with van der Waals surface area (Å²) in [7, 11) is 0. The first-order valence-electron chi connectivity index (χ1n) is 10.4. The number of amides is 1. The van der Waals surface area contributed by atoms with Crippen LogP contribution in [0.15, 0.2) is 36.4 Å². The third kappa shape index (κ3) is 3.53. The molecule has 1 atom stereocenters. The Morgan fingerprint density at radius 1 is 1.07 bits per heavy atom. The molecule has 30 heavy (non-hydrogen) atoms. The zero-order valence-corrected chi connectivity index (χ0v) is 16.5. The number of benzene rings is 2. The highest BCUT2D eigenvalue weighted by molar-refractivity contribution is 5.96. The van der Waals surface area contributed by atoms with Crippen molar-refractivity contribution in [1.29, 1.82) is 0 Å². The van der Waals surface area contributed by atoms with Gasteiger partial charge in [-0.15, -0.1) is 0 Å². The van der Waals surface area contributed by atoms with Crippen molar-refractivity contribution >= 4 is 17.3 Å². The van der Waals surface area contributed by atoms with Gasteiger partial charge < -0.3 is 19.7 Å². The van der Waals surface area contributed by atoms with Crippen molar-refractivity contribution in [3.8, 4) is 11.5 Å². The molecule has 0 aromatic heterocycles. The van der Waals surface area contributed by atoms with Gasteiger partial charge in [0, 0.05) is 24.2 Å². The van der Waals surface area contributed by atoms with Crippen LogP contribution in [0.5, 0.6) is 11.5 Å². The number of fused-ring (bicyclic) bond motifs is 1. The molecule has 2 aromatic rings. The molecule has 156 valence electrons. The highest BCUT2D eigenvalue weighted by Crippen LogP contribution is 2.43. The second-order valence-electron chi connectivity index (χ2n) is 7.96. The molecule has 1 saturated heterocycles. The summed E-state index contributed by atoms with van der Waals surface area (Å²) in [4.78, 5) is 25.8. The third-order valence-electron chi connectivity index (χ3n) is 5.86. The number of nitrogens with zero attached hydrogens (tertiary/aromatic N) is 2. The fourth-order valence-corrected chi connectivity index (χ4v) is 4.22. The lowest BCUT2D eigenvalue weighted by molar-refractivity contribution is -0.384. The van der Waals surface area contributed by atoms with Gasteiger partial charge in [-0.1, -0.05) is 6.07 Å². The molecule has 2 aromatic carbocycles. The van der Waals surface area contributed by atoms with Gasteiger partial charge in [0.15, 0.2) is 11.5 Å². The van der Waals surface area contributed by atoms with Gasteiger partial charge in [-0.25, -0.2) is 0 Å². The van der Waals surface area contributed by atoms with Crippen molar-refractivity contribution in [3.63, 3.8) is 0 Å². The molecule has 1 saturated carbocycles. The molecule has 0 radical (unpaired) electrons. The molecule has 3 aliphatic rings. The van der Waals surface area contributed by atoms with Crippen LogP contribution in [-0.2, 0) is 0 Å². The summed E-state index contributed by atoms with van der Waals surface area (Å²) in [5.41, 5.74) is 1.87. The van der Waals surface area contributed by atoms with E-state index in [4.69, 9.17) is 9.47 Å². The Morgan fingerprint density at radius 2 is 1.87 bits per heavy atom. The van der Waals surface area contributed by atoms with Crippen LogP contribution in [0.1, 0.15) is 47.6 Å². The van der Waals surface area contributed by atoms with Crippen LogP contribution in [0.25, 0.3) is 0 Å². The third-order valence-corrected chi connectivity index (χ3v) is 5.86.